The van der Waals surface area contributed by atoms with Crippen LogP contribution in [0.3, 0.4) is 0 Å². The molecule has 1 aromatic heterocycles. The molecule has 0 spiro atoms. The van der Waals surface area contributed by atoms with Crippen molar-refractivity contribution in [2.75, 3.05) is 13.2 Å². The molecular formula is C23H28N2O4. The fourth-order valence-corrected chi connectivity index (χ4v) is 3.04. The van der Waals surface area contributed by atoms with E-state index in [1.54, 1.807) is 0 Å². The van der Waals surface area contributed by atoms with E-state index in [2.05, 4.69) is 24.3 Å². The Balaban J connectivity index is 1.68. The minimum atomic E-state index is -0.176. The van der Waals surface area contributed by atoms with Crippen LogP contribution in [0, 0.1) is 0 Å². The number of amides is 1. The Morgan fingerprint density at radius 1 is 1.07 bits per heavy atom. The average molecular weight is 396 g/mol. The van der Waals surface area contributed by atoms with E-state index >= 15 is 0 Å². The zero-order valence-electron chi connectivity index (χ0n) is 17.2. The number of rotatable bonds is 10. The standard InChI is InChI=1S/C23H28N2O4/c1-4-12-27-21-11-10-17(14-22(21)28-13-5-2)16(3)24-23(26)15-19-18-8-6-7-9-20(18)29-25-19/h6-11,14,16H,4-5,12-13,15H2,1-3H3,(H,24,26)/t16-/m0/s1. The number of carbonyl (C=O) groups is 1. The molecular weight excluding hydrogens is 368 g/mol. The molecule has 2 aromatic carbocycles. The normalized spacial score (nSPS) is 12.0. The monoisotopic (exact) mass is 396 g/mol. The molecule has 29 heavy (non-hydrogen) atoms. The van der Waals surface area contributed by atoms with Gasteiger partial charge in [0.05, 0.1) is 25.7 Å². The molecule has 0 unspecified atom stereocenters. The predicted octanol–water partition coefficient (Wildman–Crippen LogP) is 4.83. The number of nitrogens with zero attached hydrogens (tertiary/aromatic N) is 1. The highest BCUT2D eigenvalue weighted by Gasteiger charge is 2.16. The Kier molecular flexibility index (Phi) is 7.11. The van der Waals surface area contributed by atoms with Gasteiger partial charge in [0, 0.05) is 5.39 Å². The number of para-hydroxylation sites is 1. The summed E-state index contributed by atoms with van der Waals surface area (Å²) in [6.07, 6.45) is 2.01. The summed E-state index contributed by atoms with van der Waals surface area (Å²) >= 11 is 0. The molecule has 0 radical (unpaired) electrons. The second kappa shape index (κ2) is 9.96. The van der Waals surface area contributed by atoms with E-state index in [1.165, 1.54) is 0 Å². The molecule has 6 heteroatoms. The van der Waals surface area contributed by atoms with E-state index in [1.807, 2.05) is 49.4 Å². The van der Waals surface area contributed by atoms with Gasteiger partial charge in [0.1, 0.15) is 5.69 Å². The molecule has 3 aromatic rings. The Morgan fingerprint density at radius 2 is 1.79 bits per heavy atom. The van der Waals surface area contributed by atoms with Gasteiger partial charge in [0.15, 0.2) is 17.1 Å². The van der Waals surface area contributed by atoms with Gasteiger partial charge < -0.3 is 19.3 Å². The van der Waals surface area contributed by atoms with Crippen LogP contribution in [0.4, 0.5) is 0 Å². The molecule has 0 fully saturated rings. The Labute approximate surface area is 171 Å². The lowest BCUT2D eigenvalue weighted by molar-refractivity contribution is -0.121. The summed E-state index contributed by atoms with van der Waals surface area (Å²) in [6, 6.07) is 13.2. The van der Waals surface area contributed by atoms with Crippen LogP contribution in [0.1, 0.15) is 50.9 Å². The molecule has 0 aliphatic rings. The van der Waals surface area contributed by atoms with Gasteiger partial charge in [-0.3, -0.25) is 4.79 Å². The summed E-state index contributed by atoms with van der Waals surface area (Å²) in [4.78, 5) is 12.6. The van der Waals surface area contributed by atoms with Crippen molar-refractivity contribution < 1.29 is 18.8 Å². The van der Waals surface area contributed by atoms with Crippen molar-refractivity contribution in [1.82, 2.24) is 10.5 Å². The molecule has 0 saturated heterocycles. The first kappa shape index (κ1) is 20.7. The first-order valence-electron chi connectivity index (χ1n) is 10.1. The quantitative estimate of drug-likeness (QED) is 0.532. The summed E-state index contributed by atoms with van der Waals surface area (Å²) < 4.78 is 16.9. The van der Waals surface area contributed by atoms with Crippen molar-refractivity contribution in [3.63, 3.8) is 0 Å². The molecule has 1 amide bonds. The molecule has 1 N–H and O–H groups in total. The molecule has 1 heterocycles. The first-order valence-corrected chi connectivity index (χ1v) is 10.1. The van der Waals surface area contributed by atoms with Crippen molar-refractivity contribution in [3.05, 3.63) is 53.7 Å². The average Bonchev–Trinajstić information content (AvgIpc) is 3.13. The summed E-state index contributed by atoms with van der Waals surface area (Å²) in [7, 11) is 0. The second-order valence-electron chi connectivity index (χ2n) is 6.99. The van der Waals surface area contributed by atoms with Gasteiger partial charge in [0.25, 0.3) is 0 Å². The molecule has 0 aliphatic carbocycles. The van der Waals surface area contributed by atoms with Gasteiger partial charge in [-0.15, -0.1) is 0 Å². The van der Waals surface area contributed by atoms with E-state index in [4.69, 9.17) is 14.0 Å². The largest absolute Gasteiger partial charge is 0.490 e. The third kappa shape index (κ3) is 5.28. The van der Waals surface area contributed by atoms with E-state index in [-0.39, 0.29) is 18.4 Å². The summed E-state index contributed by atoms with van der Waals surface area (Å²) in [5.41, 5.74) is 2.28. The zero-order chi connectivity index (χ0) is 20.6. The maximum Gasteiger partial charge on any atom is 0.226 e. The van der Waals surface area contributed by atoms with Crippen LogP contribution in [0.15, 0.2) is 47.0 Å². The van der Waals surface area contributed by atoms with Crippen molar-refractivity contribution in [2.24, 2.45) is 0 Å². The van der Waals surface area contributed by atoms with Gasteiger partial charge in [-0.25, -0.2) is 0 Å². The fourth-order valence-electron chi connectivity index (χ4n) is 3.04. The van der Waals surface area contributed by atoms with E-state index in [9.17, 15) is 4.79 Å². The molecule has 6 nitrogen and oxygen atoms in total. The zero-order valence-corrected chi connectivity index (χ0v) is 17.2. The molecule has 0 aliphatic heterocycles. The summed E-state index contributed by atoms with van der Waals surface area (Å²) in [6.45, 7) is 7.33. The third-order valence-electron chi connectivity index (χ3n) is 4.55. The van der Waals surface area contributed by atoms with Gasteiger partial charge >= 0.3 is 0 Å². The number of nitrogens with one attached hydrogen (secondary N) is 1. The van der Waals surface area contributed by atoms with Gasteiger partial charge in [-0.1, -0.05) is 37.2 Å². The van der Waals surface area contributed by atoms with Crippen molar-refractivity contribution in [2.45, 2.75) is 46.1 Å². The van der Waals surface area contributed by atoms with Crippen LogP contribution in [0.2, 0.25) is 0 Å². The molecule has 154 valence electrons. The highest BCUT2D eigenvalue weighted by molar-refractivity contribution is 5.86. The molecule has 0 saturated carbocycles. The first-order chi connectivity index (χ1) is 14.1. The highest BCUT2D eigenvalue weighted by Crippen LogP contribution is 2.31. The van der Waals surface area contributed by atoms with Crippen LogP contribution < -0.4 is 14.8 Å². The van der Waals surface area contributed by atoms with Crippen LogP contribution in [0.5, 0.6) is 11.5 Å². The molecule has 3 rings (SSSR count). The number of benzene rings is 2. The Morgan fingerprint density at radius 3 is 2.55 bits per heavy atom. The lowest BCUT2D eigenvalue weighted by atomic mass is 10.1. The van der Waals surface area contributed by atoms with Crippen LogP contribution >= 0.6 is 0 Å². The highest BCUT2D eigenvalue weighted by atomic mass is 16.5. The lowest BCUT2D eigenvalue weighted by Gasteiger charge is -2.18. The van der Waals surface area contributed by atoms with Crippen LogP contribution in [-0.4, -0.2) is 24.3 Å². The summed E-state index contributed by atoms with van der Waals surface area (Å²) in [5.74, 6) is 1.33. The maximum atomic E-state index is 12.6. The smallest absolute Gasteiger partial charge is 0.226 e. The molecule has 0 bridgehead atoms. The van der Waals surface area contributed by atoms with Crippen molar-refractivity contribution >= 4 is 16.9 Å². The topological polar surface area (TPSA) is 73.6 Å². The second-order valence-corrected chi connectivity index (χ2v) is 6.99. The fraction of sp³-hybridized carbons (Fsp3) is 0.391. The SMILES string of the molecule is CCCOc1ccc([C@H](C)NC(=O)Cc2noc3ccccc23)cc1OCCC. The van der Waals surface area contributed by atoms with E-state index in [0.29, 0.717) is 30.2 Å². The Hall–Kier alpha value is -3.02. The predicted molar refractivity (Wildman–Crippen MR) is 112 cm³/mol. The maximum absolute atomic E-state index is 12.6. The molecule has 1 atom stereocenters. The Bertz CT molecular complexity index is 951. The number of fused-ring (bicyclic) bond motifs is 1. The van der Waals surface area contributed by atoms with Gasteiger partial charge in [-0.2, -0.15) is 0 Å². The van der Waals surface area contributed by atoms with Crippen molar-refractivity contribution in [3.8, 4) is 11.5 Å². The van der Waals surface area contributed by atoms with Crippen LogP contribution in [-0.2, 0) is 11.2 Å². The van der Waals surface area contributed by atoms with Crippen molar-refractivity contribution in [1.29, 1.82) is 0 Å². The minimum absolute atomic E-state index is 0.112. The number of hydrogen-bond donors (Lipinski definition) is 1. The summed E-state index contributed by atoms with van der Waals surface area (Å²) in [5, 5.41) is 7.92. The lowest BCUT2D eigenvalue weighted by Crippen LogP contribution is -2.28. The van der Waals surface area contributed by atoms with E-state index in [0.717, 1.165) is 29.5 Å². The minimum Gasteiger partial charge on any atom is -0.490 e. The number of ether oxygens (including phenoxy) is 2. The van der Waals surface area contributed by atoms with Gasteiger partial charge in [-0.05, 0) is 49.6 Å². The van der Waals surface area contributed by atoms with E-state index < -0.39 is 0 Å². The number of carbonyl (C=O) groups excluding carboxylic acids is 1. The third-order valence-corrected chi connectivity index (χ3v) is 4.55. The van der Waals surface area contributed by atoms with Crippen LogP contribution in [0.25, 0.3) is 11.0 Å². The number of hydrogen-bond acceptors (Lipinski definition) is 5. The number of aromatic nitrogens is 1. The van der Waals surface area contributed by atoms with Gasteiger partial charge in [0.2, 0.25) is 5.91 Å².